The second kappa shape index (κ2) is 20.2. The second-order valence-corrected chi connectivity index (χ2v) is 7.68. The smallest absolute Gasteiger partial charge is 0.220 e. The number of nitrogens with one attached hydrogen (secondary N) is 1. The van der Waals surface area contributed by atoms with Gasteiger partial charge in [0, 0.05) is 13.0 Å². The molecule has 0 aromatic carbocycles. The molecule has 0 aromatic heterocycles. The minimum atomic E-state index is -0.675. The van der Waals surface area contributed by atoms with E-state index in [1.807, 2.05) is 0 Å². The predicted octanol–water partition coefficient (Wildman–Crippen LogP) is 5.28. The van der Waals surface area contributed by atoms with Crippen LogP contribution >= 0.6 is 7.58 Å². The molecule has 1 amide bonds. The molecule has 6 heteroatoms. The predicted molar refractivity (Wildman–Crippen MR) is 110 cm³/mol. The Kier molecular flexibility index (Phi) is 20.2. The molecule has 0 aliphatic rings. The van der Waals surface area contributed by atoms with Gasteiger partial charge in [-0.2, -0.15) is 0 Å². The zero-order valence-corrected chi connectivity index (χ0v) is 17.7. The quantitative estimate of drug-likeness (QED) is 0.232. The van der Waals surface area contributed by atoms with E-state index < -0.39 is 6.10 Å². The Bertz CT molecular complexity index is 319. The summed E-state index contributed by atoms with van der Waals surface area (Å²) in [5.74, 6) is 0.0121. The van der Waals surface area contributed by atoms with Crippen LogP contribution in [-0.4, -0.2) is 30.3 Å². The molecule has 0 aliphatic heterocycles. The number of carbonyl (C=O) groups is 1. The summed E-state index contributed by atoms with van der Waals surface area (Å²) in [7, 11) is 0.382. The molecule has 0 aromatic rings. The molecule has 2 N–H and O–H groups in total. The van der Waals surface area contributed by atoms with E-state index in [-0.39, 0.29) is 19.1 Å². The highest BCUT2D eigenvalue weighted by molar-refractivity contribution is 7.94. The lowest BCUT2D eigenvalue weighted by molar-refractivity contribution is -0.121. The highest BCUT2D eigenvalue weighted by Crippen LogP contribution is 2.12. The van der Waals surface area contributed by atoms with Gasteiger partial charge in [-0.1, -0.05) is 84.0 Å². The van der Waals surface area contributed by atoms with Crippen LogP contribution in [0.4, 0.5) is 0 Å². The van der Waals surface area contributed by atoms with Crippen molar-refractivity contribution in [3.05, 3.63) is 0 Å². The summed E-state index contributed by atoms with van der Waals surface area (Å²) in [6.07, 6.45) is 16.8. The number of aliphatic hydroxyl groups excluding tert-OH is 1. The van der Waals surface area contributed by atoms with Gasteiger partial charge in [0.2, 0.25) is 5.91 Å². The molecule has 0 saturated carbocycles. The molecule has 25 heavy (non-hydrogen) atoms. The van der Waals surface area contributed by atoms with Gasteiger partial charge in [-0.3, -0.25) is 4.79 Å². The summed E-state index contributed by atoms with van der Waals surface area (Å²) in [6, 6.07) is 0. The van der Waals surface area contributed by atoms with Crippen molar-refractivity contribution in [2.45, 2.75) is 103 Å². The fraction of sp³-hybridized carbons (Fsp3) is 0.947. The zero-order chi connectivity index (χ0) is 18.6. The first-order valence-electron chi connectivity index (χ1n) is 10.1. The first-order chi connectivity index (χ1) is 12.2. The minimum Gasteiger partial charge on any atom is -0.389 e. The third-order valence-electron chi connectivity index (χ3n) is 4.36. The maximum Gasteiger partial charge on any atom is 0.220 e. The first-order valence-corrected chi connectivity index (χ1v) is 11.9. The molecule has 1 atom stereocenters. The largest absolute Gasteiger partial charge is 0.389 e. The third kappa shape index (κ3) is 20.1. The highest BCUT2D eigenvalue weighted by Gasteiger charge is 2.06. The van der Waals surface area contributed by atoms with E-state index in [0.717, 1.165) is 12.8 Å². The van der Waals surface area contributed by atoms with E-state index >= 15 is 0 Å². The van der Waals surface area contributed by atoms with Gasteiger partial charge >= 0.3 is 0 Å². The third-order valence-corrected chi connectivity index (χ3v) is 4.93. The van der Waals surface area contributed by atoms with E-state index in [4.69, 9.17) is 4.52 Å². The Labute approximate surface area is 161 Å². The van der Waals surface area contributed by atoms with Gasteiger partial charge < -0.3 is 14.9 Å². The summed E-state index contributed by atoms with van der Waals surface area (Å²) in [6.45, 7) is 2.67. The van der Waals surface area contributed by atoms with Crippen LogP contribution in [0.2, 0.25) is 0 Å². The summed E-state index contributed by atoms with van der Waals surface area (Å²) in [4.78, 5) is 11.6. The van der Waals surface area contributed by atoms with Crippen molar-refractivity contribution in [3.63, 3.8) is 0 Å². The Morgan fingerprint density at radius 3 is 1.92 bits per heavy atom. The van der Waals surface area contributed by atoms with Crippen LogP contribution in [0.3, 0.4) is 0 Å². The van der Waals surface area contributed by atoms with Crippen molar-refractivity contribution in [3.8, 4) is 0 Å². The van der Waals surface area contributed by atoms with Gasteiger partial charge in [-0.05, 0) is 18.2 Å². The molecule has 148 valence electrons. The van der Waals surface area contributed by atoms with E-state index in [0.29, 0.717) is 14.0 Å². The Hall–Kier alpha value is -0.0900. The van der Waals surface area contributed by atoms with Crippen molar-refractivity contribution >= 4 is 25.3 Å². The topological polar surface area (TPSA) is 58.6 Å². The average molecular weight is 392 g/mol. The highest BCUT2D eigenvalue weighted by atomic mass is 32.4. The summed E-state index contributed by atoms with van der Waals surface area (Å²) >= 11 is 4.60. The number of aliphatic hydroxyl groups is 1. The van der Waals surface area contributed by atoms with Crippen molar-refractivity contribution in [2.24, 2.45) is 0 Å². The van der Waals surface area contributed by atoms with Gasteiger partial charge in [0.05, 0.1) is 12.7 Å². The molecule has 0 heterocycles. The molecule has 0 aliphatic carbocycles. The fourth-order valence-corrected chi connectivity index (χ4v) is 3.21. The molecule has 0 radical (unpaired) electrons. The number of amides is 1. The van der Waals surface area contributed by atoms with Crippen molar-refractivity contribution in [2.75, 3.05) is 13.2 Å². The lowest BCUT2D eigenvalue weighted by Gasteiger charge is -2.10. The van der Waals surface area contributed by atoms with Crippen LogP contribution in [0.1, 0.15) is 96.8 Å². The van der Waals surface area contributed by atoms with E-state index in [1.165, 1.54) is 70.6 Å². The lowest BCUT2D eigenvalue weighted by Crippen LogP contribution is -2.33. The fourth-order valence-electron chi connectivity index (χ4n) is 2.80. The lowest BCUT2D eigenvalue weighted by atomic mass is 10.0. The maximum absolute atomic E-state index is 11.6. The Morgan fingerprint density at radius 1 is 0.960 bits per heavy atom. The molecule has 0 fully saturated rings. The monoisotopic (exact) mass is 391 g/mol. The van der Waals surface area contributed by atoms with Crippen molar-refractivity contribution in [1.82, 2.24) is 5.32 Å². The Morgan fingerprint density at radius 2 is 1.44 bits per heavy atom. The number of hydrogen-bond donors (Lipinski definition) is 2. The molecule has 0 spiro atoms. The molecule has 0 rings (SSSR count). The number of unbranched alkanes of at least 4 members (excludes halogenated alkanes) is 12. The Balaban J connectivity index is 3.22. The number of hydrogen-bond acceptors (Lipinski definition) is 4. The van der Waals surface area contributed by atoms with Crippen molar-refractivity contribution in [1.29, 1.82) is 0 Å². The SMILES string of the molecule is CCCCCCCCCCCCCCCC(=O)NCC(O)COP=S. The number of rotatable bonds is 19. The first kappa shape index (κ1) is 24.9. The van der Waals surface area contributed by atoms with Gasteiger partial charge in [0.25, 0.3) is 0 Å². The summed E-state index contributed by atoms with van der Waals surface area (Å²) < 4.78 is 4.90. The van der Waals surface area contributed by atoms with Gasteiger partial charge in [0.1, 0.15) is 7.58 Å². The van der Waals surface area contributed by atoms with Crippen LogP contribution in [0, 0.1) is 0 Å². The molecule has 1 unspecified atom stereocenters. The van der Waals surface area contributed by atoms with E-state index in [9.17, 15) is 9.90 Å². The normalized spacial score (nSPS) is 12.4. The van der Waals surface area contributed by atoms with Crippen LogP contribution in [0.5, 0.6) is 0 Å². The van der Waals surface area contributed by atoms with Gasteiger partial charge in [-0.15, -0.1) is 0 Å². The molecule has 0 saturated heterocycles. The summed E-state index contributed by atoms with van der Waals surface area (Å²) in [5.41, 5.74) is 0. The maximum atomic E-state index is 11.6. The van der Waals surface area contributed by atoms with E-state index in [1.54, 1.807) is 0 Å². The minimum absolute atomic E-state index is 0.0121. The van der Waals surface area contributed by atoms with E-state index in [2.05, 4.69) is 24.0 Å². The van der Waals surface area contributed by atoms with Crippen molar-refractivity contribution < 1.29 is 14.4 Å². The van der Waals surface area contributed by atoms with Crippen LogP contribution in [0.25, 0.3) is 0 Å². The standard InChI is InChI=1S/C19H38NO3PS/c1-2-3-4-5-6-7-8-9-10-11-12-13-14-15-19(22)20-16-18(21)17-23-24-25/h18,21H,2-17H2,1H3,(H,20,22). The molecule has 4 nitrogen and oxygen atoms in total. The molecular formula is C19H38NO3PS. The van der Waals surface area contributed by atoms with Crippen LogP contribution in [0.15, 0.2) is 0 Å². The zero-order valence-electron chi connectivity index (χ0n) is 16.0. The number of carbonyl (C=O) groups excluding carboxylic acids is 1. The molecular weight excluding hydrogens is 353 g/mol. The summed E-state index contributed by atoms with van der Waals surface area (Å²) in [5, 5.41) is 12.3. The van der Waals surface area contributed by atoms with Gasteiger partial charge in [0.15, 0.2) is 0 Å². The van der Waals surface area contributed by atoms with Crippen LogP contribution in [-0.2, 0) is 21.1 Å². The van der Waals surface area contributed by atoms with Crippen LogP contribution < -0.4 is 5.32 Å². The average Bonchev–Trinajstić information content (AvgIpc) is 2.62. The second-order valence-electron chi connectivity index (χ2n) is 6.82. The van der Waals surface area contributed by atoms with Gasteiger partial charge in [-0.25, -0.2) is 0 Å². The molecule has 0 bridgehead atoms.